The molecule has 12 heavy (non-hydrogen) atoms. The van der Waals surface area contributed by atoms with E-state index < -0.39 is 12.1 Å². The highest BCUT2D eigenvalue weighted by molar-refractivity contribution is 5.80. The van der Waals surface area contributed by atoms with Crippen molar-refractivity contribution in [3.8, 4) is 0 Å². The maximum Gasteiger partial charge on any atom is 0.412 e. The quantitative estimate of drug-likeness (QED) is 0.269. The molecule has 0 aliphatic carbocycles. The summed E-state index contributed by atoms with van der Waals surface area (Å²) in [6, 6.07) is 0. The summed E-state index contributed by atoms with van der Waals surface area (Å²) in [6.45, 7) is 1.28. The number of hydrogen-bond donors (Lipinski definition) is 2. The average molecular weight is 174 g/mol. The van der Waals surface area contributed by atoms with Gasteiger partial charge in [0.2, 0.25) is 0 Å². The van der Waals surface area contributed by atoms with Gasteiger partial charge in [-0.3, -0.25) is 15.5 Å². The van der Waals surface area contributed by atoms with Crippen LogP contribution in [0.15, 0.2) is 0 Å². The molecule has 1 amide bonds. The van der Waals surface area contributed by atoms with Gasteiger partial charge in [0.05, 0.1) is 6.34 Å². The lowest BCUT2D eigenvalue weighted by molar-refractivity contribution is -0.141. The predicted molar refractivity (Wildman–Crippen MR) is 39.9 cm³/mol. The summed E-state index contributed by atoms with van der Waals surface area (Å²) >= 11 is 0. The van der Waals surface area contributed by atoms with Crippen LogP contribution in [-0.4, -0.2) is 31.6 Å². The van der Waals surface area contributed by atoms with Gasteiger partial charge < -0.3 is 9.47 Å². The van der Waals surface area contributed by atoms with E-state index in [0.29, 0.717) is 6.34 Å². The van der Waals surface area contributed by atoms with Gasteiger partial charge in [-0.15, -0.1) is 0 Å². The van der Waals surface area contributed by atoms with E-state index in [2.05, 4.69) is 9.47 Å². The second-order valence-electron chi connectivity index (χ2n) is 1.76. The number of ether oxygens (including phenoxy) is 2. The van der Waals surface area contributed by atoms with Gasteiger partial charge in [-0.05, 0) is 0 Å². The van der Waals surface area contributed by atoms with E-state index in [1.165, 1.54) is 6.92 Å². The molecule has 0 aliphatic rings. The average Bonchev–Trinajstić information content (AvgIpc) is 1.98. The molecular weight excluding hydrogens is 164 g/mol. The maximum atomic E-state index is 10.5. The summed E-state index contributed by atoms with van der Waals surface area (Å²) in [6.07, 6.45) is -0.0362. The molecule has 0 aromatic rings. The fraction of sp³-hybridized carbons (Fsp3) is 0.500. The Bertz CT molecular complexity index is 180. The van der Waals surface area contributed by atoms with Crippen LogP contribution in [0.2, 0.25) is 0 Å². The van der Waals surface area contributed by atoms with Crippen LogP contribution in [0, 0.1) is 5.41 Å². The number of amides is 1. The largest absolute Gasteiger partial charge is 0.462 e. The highest BCUT2D eigenvalue weighted by Crippen LogP contribution is 1.79. The van der Waals surface area contributed by atoms with Gasteiger partial charge in [0, 0.05) is 6.92 Å². The maximum absolute atomic E-state index is 10.5. The third kappa shape index (κ3) is 6.53. The van der Waals surface area contributed by atoms with Crippen molar-refractivity contribution in [3.63, 3.8) is 0 Å². The highest BCUT2D eigenvalue weighted by atomic mass is 16.6. The van der Waals surface area contributed by atoms with Crippen LogP contribution in [0.3, 0.4) is 0 Å². The van der Waals surface area contributed by atoms with Crippen molar-refractivity contribution < 1.29 is 19.1 Å². The number of rotatable bonds is 4. The minimum atomic E-state index is -0.739. The van der Waals surface area contributed by atoms with Crippen molar-refractivity contribution >= 4 is 18.4 Å². The van der Waals surface area contributed by atoms with E-state index in [1.54, 1.807) is 0 Å². The van der Waals surface area contributed by atoms with Gasteiger partial charge in [0.15, 0.2) is 0 Å². The van der Waals surface area contributed by atoms with E-state index in [4.69, 9.17) is 5.41 Å². The highest BCUT2D eigenvalue weighted by Gasteiger charge is 1.98. The smallest absolute Gasteiger partial charge is 0.412 e. The van der Waals surface area contributed by atoms with Crippen LogP contribution in [0.4, 0.5) is 4.79 Å². The third-order valence-electron chi connectivity index (χ3n) is 0.812. The summed E-state index contributed by atoms with van der Waals surface area (Å²) in [5.74, 6) is -0.425. The predicted octanol–water partition coefficient (Wildman–Crippen LogP) is -0.117. The minimum absolute atomic E-state index is 0.0146. The fourth-order valence-electron chi connectivity index (χ4n) is 0.420. The van der Waals surface area contributed by atoms with Crippen molar-refractivity contribution in [2.24, 2.45) is 0 Å². The Kier molecular flexibility index (Phi) is 5.33. The van der Waals surface area contributed by atoms with Crippen LogP contribution in [0.5, 0.6) is 0 Å². The Morgan fingerprint density at radius 3 is 2.50 bits per heavy atom. The lowest BCUT2D eigenvalue weighted by Crippen LogP contribution is -2.23. The van der Waals surface area contributed by atoms with Gasteiger partial charge in [-0.25, -0.2) is 4.79 Å². The van der Waals surface area contributed by atoms with Crippen LogP contribution in [0.1, 0.15) is 6.92 Å². The second-order valence-corrected chi connectivity index (χ2v) is 1.76. The Balaban J connectivity index is 3.25. The van der Waals surface area contributed by atoms with Gasteiger partial charge in [-0.1, -0.05) is 0 Å². The summed E-state index contributed by atoms with van der Waals surface area (Å²) in [7, 11) is 0. The first-order valence-corrected chi connectivity index (χ1v) is 3.22. The first kappa shape index (κ1) is 10.4. The van der Waals surface area contributed by atoms with Crippen LogP contribution in [0.25, 0.3) is 0 Å². The Labute approximate surface area is 69.3 Å². The summed E-state index contributed by atoms with van der Waals surface area (Å²) in [5.41, 5.74) is 0. The van der Waals surface area contributed by atoms with Crippen molar-refractivity contribution in [1.82, 2.24) is 5.32 Å². The Hall–Kier alpha value is -1.59. The number of carbonyl (C=O) groups is 2. The Morgan fingerprint density at radius 1 is 1.42 bits per heavy atom. The van der Waals surface area contributed by atoms with Crippen LogP contribution >= 0.6 is 0 Å². The monoisotopic (exact) mass is 174 g/mol. The summed E-state index contributed by atoms with van der Waals surface area (Å²) < 4.78 is 8.92. The van der Waals surface area contributed by atoms with Crippen LogP contribution < -0.4 is 5.32 Å². The molecule has 0 aromatic carbocycles. The zero-order valence-corrected chi connectivity index (χ0v) is 6.62. The fourth-order valence-corrected chi connectivity index (χ4v) is 0.420. The molecule has 0 bridgehead atoms. The lowest BCUT2D eigenvalue weighted by Gasteiger charge is -2.02. The number of nitrogens with one attached hydrogen (secondary N) is 2. The molecule has 0 heterocycles. The number of esters is 1. The van der Waals surface area contributed by atoms with E-state index in [1.807, 2.05) is 5.32 Å². The van der Waals surface area contributed by atoms with E-state index in [-0.39, 0.29) is 13.2 Å². The Morgan fingerprint density at radius 2 is 2.00 bits per heavy atom. The molecule has 68 valence electrons. The molecule has 0 aliphatic heterocycles. The zero-order valence-electron chi connectivity index (χ0n) is 6.62. The molecule has 6 nitrogen and oxygen atoms in total. The van der Waals surface area contributed by atoms with Gasteiger partial charge in [0.1, 0.15) is 13.2 Å². The van der Waals surface area contributed by atoms with Crippen molar-refractivity contribution in [2.45, 2.75) is 6.92 Å². The molecule has 0 unspecified atom stereocenters. The molecule has 0 fully saturated rings. The van der Waals surface area contributed by atoms with Gasteiger partial charge in [-0.2, -0.15) is 0 Å². The lowest BCUT2D eigenvalue weighted by atomic mass is 10.7. The summed E-state index contributed by atoms with van der Waals surface area (Å²) in [4.78, 5) is 20.7. The van der Waals surface area contributed by atoms with Crippen molar-refractivity contribution in [2.75, 3.05) is 13.2 Å². The van der Waals surface area contributed by atoms with Crippen molar-refractivity contribution in [1.29, 1.82) is 5.41 Å². The SMILES string of the molecule is CC(=O)OCCOC(=O)NC=N. The van der Waals surface area contributed by atoms with Gasteiger partial charge in [0.25, 0.3) is 0 Å². The number of hydrogen-bond acceptors (Lipinski definition) is 5. The molecule has 0 rings (SSSR count). The van der Waals surface area contributed by atoms with E-state index >= 15 is 0 Å². The second kappa shape index (κ2) is 6.14. The molecular formula is C6H10N2O4. The standard InChI is InChI=1S/C6H10N2O4/c1-5(9)11-2-3-12-6(10)8-4-7/h4H,2-3H2,1H3,(H2,7,8,10). The van der Waals surface area contributed by atoms with Gasteiger partial charge >= 0.3 is 12.1 Å². The normalized spacial score (nSPS) is 8.42. The third-order valence-corrected chi connectivity index (χ3v) is 0.812. The molecule has 0 saturated heterocycles. The molecule has 0 radical (unpaired) electrons. The number of carbonyl (C=O) groups excluding carboxylic acids is 2. The molecule has 6 heteroatoms. The van der Waals surface area contributed by atoms with Crippen molar-refractivity contribution in [3.05, 3.63) is 0 Å². The topological polar surface area (TPSA) is 88.5 Å². The molecule has 0 saturated carbocycles. The molecule has 0 atom stereocenters. The number of alkyl carbamates (subject to hydrolysis) is 1. The zero-order chi connectivity index (χ0) is 9.40. The first-order chi connectivity index (χ1) is 5.66. The summed E-state index contributed by atoms with van der Waals surface area (Å²) in [5, 5.41) is 8.43. The molecule has 0 aromatic heterocycles. The molecule has 0 spiro atoms. The molecule has 2 N–H and O–H groups in total. The van der Waals surface area contributed by atoms with Crippen LogP contribution in [-0.2, 0) is 14.3 Å². The first-order valence-electron chi connectivity index (χ1n) is 3.22. The van der Waals surface area contributed by atoms with E-state index in [0.717, 1.165) is 0 Å². The van der Waals surface area contributed by atoms with E-state index in [9.17, 15) is 9.59 Å². The minimum Gasteiger partial charge on any atom is -0.462 e.